The summed E-state index contributed by atoms with van der Waals surface area (Å²) in [5.41, 5.74) is 1.93. The monoisotopic (exact) mass is 439 g/mol. The van der Waals surface area contributed by atoms with Gasteiger partial charge in [0, 0.05) is 64.7 Å². The maximum atomic E-state index is 11.2. The lowest BCUT2D eigenvalue weighted by Gasteiger charge is -2.39. The number of piperazine rings is 1. The van der Waals surface area contributed by atoms with E-state index in [0.717, 1.165) is 64.5 Å². The molecule has 0 spiro atoms. The van der Waals surface area contributed by atoms with Crippen LogP contribution in [0, 0.1) is 0 Å². The van der Waals surface area contributed by atoms with Crippen LogP contribution in [0.3, 0.4) is 0 Å². The summed E-state index contributed by atoms with van der Waals surface area (Å²) in [4.78, 5) is 7.23. The molecule has 2 aliphatic heterocycles. The summed E-state index contributed by atoms with van der Waals surface area (Å²) in [7, 11) is 0. The van der Waals surface area contributed by atoms with E-state index >= 15 is 0 Å². The van der Waals surface area contributed by atoms with E-state index in [1.807, 2.05) is 19.1 Å². The van der Waals surface area contributed by atoms with Crippen molar-refractivity contribution in [2.24, 2.45) is 0 Å². The van der Waals surface area contributed by atoms with Crippen LogP contribution in [-0.2, 0) is 11.3 Å². The topological polar surface area (TPSA) is 48.4 Å². The van der Waals surface area contributed by atoms with Crippen molar-refractivity contribution < 1.29 is 14.6 Å². The quantitative estimate of drug-likeness (QED) is 0.575. The molecular formula is C26H37N3O3. The third-order valence-electron chi connectivity index (χ3n) is 6.45. The molecule has 6 nitrogen and oxygen atoms in total. The molecule has 1 atom stereocenters. The second-order valence-corrected chi connectivity index (χ2v) is 8.97. The van der Waals surface area contributed by atoms with Crippen LogP contribution >= 0.6 is 0 Å². The van der Waals surface area contributed by atoms with E-state index in [-0.39, 0.29) is 0 Å². The van der Waals surface area contributed by atoms with Crippen LogP contribution in [0.15, 0.2) is 54.6 Å². The number of para-hydroxylation sites is 1. The highest BCUT2D eigenvalue weighted by atomic mass is 16.5. The average molecular weight is 440 g/mol. The second-order valence-electron chi connectivity index (χ2n) is 8.97. The zero-order chi connectivity index (χ0) is 22.2. The Morgan fingerprint density at radius 2 is 1.62 bits per heavy atom. The lowest BCUT2D eigenvalue weighted by atomic mass is 10.0. The van der Waals surface area contributed by atoms with E-state index in [1.165, 1.54) is 11.3 Å². The first kappa shape index (κ1) is 23.1. The molecule has 0 aromatic heterocycles. The fourth-order valence-electron chi connectivity index (χ4n) is 4.74. The van der Waals surface area contributed by atoms with Crippen LogP contribution in [-0.4, -0.2) is 86.1 Å². The Hall–Kier alpha value is -2.12. The van der Waals surface area contributed by atoms with Gasteiger partial charge in [0.05, 0.1) is 12.2 Å². The average Bonchev–Trinajstić information content (AvgIpc) is 3.19. The van der Waals surface area contributed by atoms with E-state index in [2.05, 4.69) is 57.2 Å². The first-order chi connectivity index (χ1) is 15.6. The highest BCUT2D eigenvalue weighted by Gasteiger charge is 2.38. The molecule has 2 saturated heterocycles. The van der Waals surface area contributed by atoms with Crippen LogP contribution in [0.4, 0.5) is 5.69 Å². The molecule has 1 N–H and O–H groups in total. The molecule has 32 heavy (non-hydrogen) atoms. The van der Waals surface area contributed by atoms with Gasteiger partial charge in [-0.05, 0) is 43.2 Å². The van der Waals surface area contributed by atoms with Crippen LogP contribution in [0.25, 0.3) is 0 Å². The van der Waals surface area contributed by atoms with Gasteiger partial charge in [0.25, 0.3) is 0 Å². The minimum absolute atomic E-state index is 0.575. The van der Waals surface area contributed by atoms with Crippen molar-refractivity contribution in [3.63, 3.8) is 0 Å². The minimum atomic E-state index is -0.614. The highest BCUT2D eigenvalue weighted by molar-refractivity contribution is 5.46. The summed E-state index contributed by atoms with van der Waals surface area (Å²) < 4.78 is 11.0. The largest absolute Gasteiger partial charge is 0.491 e. The van der Waals surface area contributed by atoms with Gasteiger partial charge in [-0.3, -0.25) is 9.80 Å². The number of rotatable bonds is 10. The lowest BCUT2D eigenvalue weighted by Crippen LogP contribution is -2.52. The Bertz CT molecular complexity index is 809. The van der Waals surface area contributed by atoms with Gasteiger partial charge in [-0.2, -0.15) is 0 Å². The van der Waals surface area contributed by atoms with Crippen molar-refractivity contribution in [1.29, 1.82) is 0 Å². The van der Waals surface area contributed by atoms with Gasteiger partial charge in [-0.1, -0.05) is 30.3 Å². The summed E-state index contributed by atoms with van der Waals surface area (Å²) >= 11 is 0. The summed E-state index contributed by atoms with van der Waals surface area (Å²) in [6, 6.07) is 18.9. The predicted octanol–water partition coefficient (Wildman–Crippen LogP) is 2.86. The van der Waals surface area contributed by atoms with Gasteiger partial charge in [0.1, 0.15) is 12.4 Å². The lowest BCUT2D eigenvalue weighted by molar-refractivity contribution is 0.00978. The molecule has 174 valence electrons. The molecule has 0 aliphatic carbocycles. The van der Waals surface area contributed by atoms with Gasteiger partial charge < -0.3 is 19.5 Å². The number of hydrogen-bond donors (Lipinski definition) is 1. The van der Waals surface area contributed by atoms with Crippen molar-refractivity contribution >= 4 is 5.69 Å². The molecule has 0 saturated carbocycles. The third kappa shape index (κ3) is 6.45. The molecular weight excluding hydrogens is 402 g/mol. The zero-order valence-corrected chi connectivity index (χ0v) is 19.3. The van der Waals surface area contributed by atoms with Crippen LogP contribution in [0.2, 0.25) is 0 Å². The van der Waals surface area contributed by atoms with Crippen molar-refractivity contribution in [3.05, 3.63) is 60.2 Å². The first-order valence-electron chi connectivity index (χ1n) is 11.9. The molecule has 2 aromatic rings. The number of benzene rings is 2. The van der Waals surface area contributed by atoms with Crippen LogP contribution in [0.1, 0.15) is 18.9 Å². The van der Waals surface area contributed by atoms with E-state index in [0.29, 0.717) is 19.8 Å². The van der Waals surface area contributed by atoms with Crippen molar-refractivity contribution in [2.45, 2.75) is 25.5 Å². The van der Waals surface area contributed by atoms with E-state index in [9.17, 15) is 5.11 Å². The molecule has 2 fully saturated rings. The Balaban J connectivity index is 1.20. The summed E-state index contributed by atoms with van der Waals surface area (Å²) in [6.45, 7) is 11.2. The molecule has 2 heterocycles. The van der Waals surface area contributed by atoms with Crippen LogP contribution < -0.4 is 9.64 Å². The predicted molar refractivity (Wildman–Crippen MR) is 128 cm³/mol. The molecule has 0 amide bonds. The van der Waals surface area contributed by atoms with Crippen molar-refractivity contribution in [2.75, 3.05) is 70.5 Å². The van der Waals surface area contributed by atoms with E-state index < -0.39 is 5.60 Å². The maximum absolute atomic E-state index is 11.2. The van der Waals surface area contributed by atoms with Crippen molar-refractivity contribution in [3.8, 4) is 5.75 Å². The van der Waals surface area contributed by atoms with Crippen molar-refractivity contribution in [1.82, 2.24) is 9.80 Å². The molecule has 0 bridgehead atoms. The number of ether oxygens (including phenoxy) is 2. The van der Waals surface area contributed by atoms with E-state index in [1.54, 1.807) is 0 Å². The Kier molecular flexibility index (Phi) is 8.03. The second kappa shape index (κ2) is 11.1. The molecule has 0 radical (unpaired) electrons. The highest BCUT2D eigenvalue weighted by Crippen LogP contribution is 2.26. The van der Waals surface area contributed by atoms with Gasteiger partial charge in [0.2, 0.25) is 0 Å². The molecule has 2 aromatic carbocycles. The minimum Gasteiger partial charge on any atom is -0.491 e. The molecule has 2 aliphatic rings. The Morgan fingerprint density at radius 1 is 0.875 bits per heavy atom. The Morgan fingerprint density at radius 3 is 2.34 bits per heavy atom. The standard InChI is InChI=1S/C26H37N3O3/c1-2-31-18-19-32-25-10-8-23(9-11-25)20-28-13-12-26(30,22-28)21-27-14-16-29(17-15-27)24-6-4-3-5-7-24/h3-11,30H,2,12-22H2,1H3. The van der Waals surface area contributed by atoms with Gasteiger partial charge >= 0.3 is 0 Å². The fraction of sp³-hybridized carbons (Fsp3) is 0.538. The third-order valence-corrected chi connectivity index (χ3v) is 6.45. The summed E-state index contributed by atoms with van der Waals surface area (Å²) in [5.74, 6) is 0.876. The number of β-amino-alcohol motifs (C(OH)–C–C–N with tert-alkyl or cyclic N) is 1. The fourth-order valence-corrected chi connectivity index (χ4v) is 4.74. The summed E-state index contributed by atoms with van der Waals surface area (Å²) in [6.07, 6.45) is 0.838. The zero-order valence-electron chi connectivity index (χ0n) is 19.3. The molecule has 1 unspecified atom stereocenters. The smallest absolute Gasteiger partial charge is 0.119 e. The number of anilines is 1. The van der Waals surface area contributed by atoms with Gasteiger partial charge in [-0.25, -0.2) is 0 Å². The normalized spacial score (nSPS) is 22.4. The number of nitrogens with zero attached hydrogens (tertiary/aromatic N) is 3. The molecule has 6 heteroatoms. The summed E-state index contributed by atoms with van der Waals surface area (Å²) in [5, 5.41) is 11.2. The SMILES string of the molecule is CCOCCOc1ccc(CN2CCC(O)(CN3CCN(c4ccccc4)CC3)C2)cc1. The first-order valence-corrected chi connectivity index (χ1v) is 11.9. The number of likely N-dealkylation sites (tertiary alicyclic amines) is 1. The maximum Gasteiger partial charge on any atom is 0.119 e. The van der Waals surface area contributed by atoms with E-state index in [4.69, 9.17) is 9.47 Å². The Labute approximate surface area is 192 Å². The van der Waals surface area contributed by atoms with Gasteiger partial charge in [-0.15, -0.1) is 0 Å². The molecule has 4 rings (SSSR count). The number of hydrogen-bond acceptors (Lipinski definition) is 6. The number of aliphatic hydroxyl groups is 1. The van der Waals surface area contributed by atoms with Crippen LogP contribution in [0.5, 0.6) is 5.75 Å². The van der Waals surface area contributed by atoms with Gasteiger partial charge in [0.15, 0.2) is 0 Å².